The van der Waals surface area contributed by atoms with E-state index in [0.29, 0.717) is 12.5 Å². The van der Waals surface area contributed by atoms with Gasteiger partial charge in [0.15, 0.2) is 0 Å². The minimum Gasteiger partial charge on any atom is -0.467 e. The second-order valence-electron chi connectivity index (χ2n) is 4.14. The molecule has 0 aromatic carbocycles. The second-order valence-corrected chi connectivity index (χ2v) is 4.14. The number of β-amino-alcohol motifs (C(OH)–C–C–N with tert-alkyl or cyclic N) is 1. The highest BCUT2D eigenvalue weighted by Gasteiger charge is 2.20. The van der Waals surface area contributed by atoms with Crippen LogP contribution in [0.15, 0.2) is 0 Å². The van der Waals surface area contributed by atoms with Gasteiger partial charge in [-0.25, -0.2) is 5.84 Å². The Morgan fingerprint density at radius 1 is 1.26 bits per heavy atom. The molecule has 0 amide bonds. The number of methoxy groups -OCH3 is 1. The van der Waals surface area contributed by atoms with Crippen molar-refractivity contribution in [1.29, 1.82) is 0 Å². The molecule has 106 valence electrons. The van der Waals surface area contributed by atoms with E-state index in [2.05, 4.69) is 25.3 Å². The van der Waals surface area contributed by atoms with Crippen LogP contribution in [0.3, 0.4) is 0 Å². The van der Waals surface area contributed by atoms with Crippen LogP contribution in [0.4, 0.5) is 11.9 Å². The Hall–Kier alpha value is -1.71. The topological polar surface area (TPSA) is 113 Å². The SMILES string of the molecule is COc1nc(NN)nc(N2CCN(CCO)CC2)n1. The fourth-order valence-electron chi connectivity index (χ4n) is 1.96. The van der Waals surface area contributed by atoms with Gasteiger partial charge >= 0.3 is 6.01 Å². The van der Waals surface area contributed by atoms with E-state index >= 15 is 0 Å². The molecule has 0 spiro atoms. The first-order chi connectivity index (χ1) is 9.26. The van der Waals surface area contributed by atoms with Crippen molar-refractivity contribution in [1.82, 2.24) is 19.9 Å². The van der Waals surface area contributed by atoms with Crippen molar-refractivity contribution in [2.45, 2.75) is 0 Å². The first-order valence-corrected chi connectivity index (χ1v) is 6.11. The first kappa shape index (κ1) is 13.7. The maximum Gasteiger partial charge on any atom is 0.322 e. The molecule has 0 saturated carbocycles. The van der Waals surface area contributed by atoms with Crippen molar-refractivity contribution in [3.8, 4) is 6.01 Å². The van der Waals surface area contributed by atoms with Crippen LogP contribution in [0.1, 0.15) is 0 Å². The second kappa shape index (κ2) is 6.45. The predicted octanol–water partition coefficient (Wildman–Crippen LogP) is -1.72. The van der Waals surface area contributed by atoms with Gasteiger partial charge in [0.05, 0.1) is 13.7 Å². The minimum atomic E-state index is 0.181. The Labute approximate surface area is 111 Å². The van der Waals surface area contributed by atoms with Crippen LogP contribution < -0.4 is 20.9 Å². The number of hydrazine groups is 1. The van der Waals surface area contributed by atoms with Gasteiger partial charge in [-0.15, -0.1) is 0 Å². The molecule has 4 N–H and O–H groups in total. The number of nitrogens with two attached hydrogens (primary N) is 1. The summed E-state index contributed by atoms with van der Waals surface area (Å²) >= 11 is 0. The number of hydrogen-bond donors (Lipinski definition) is 3. The van der Waals surface area contributed by atoms with E-state index in [9.17, 15) is 0 Å². The Morgan fingerprint density at radius 3 is 2.58 bits per heavy atom. The van der Waals surface area contributed by atoms with E-state index in [0.717, 1.165) is 26.2 Å². The number of anilines is 2. The van der Waals surface area contributed by atoms with Crippen LogP contribution in [-0.2, 0) is 0 Å². The number of nitrogens with one attached hydrogen (secondary N) is 1. The van der Waals surface area contributed by atoms with Crippen molar-refractivity contribution in [3.63, 3.8) is 0 Å². The van der Waals surface area contributed by atoms with Gasteiger partial charge in [0, 0.05) is 32.7 Å². The highest BCUT2D eigenvalue weighted by molar-refractivity contribution is 5.38. The fourth-order valence-corrected chi connectivity index (χ4v) is 1.96. The van der Waals surface area contributed by atoms with E-state index in [1.807, 2.05) is 4.90 Å². The average molecular weight is 269 g/mol. The summed E-state index contributed by atoms with van der Waals surface area (Å²) in [5, 5.41) is 8.91. The number of nitrogen functional groups attached to an aromatic ring is 1. The minimum absolute atomic E-state index is 0.181. The fraction of sp³-hybridized carbons (Fsp3) is 0.700. The highest BCUT2D eigenvalue weighted by atomic mass is 16.5. The lowest BCUT2D eigenvalue weighted by Gasteiger charge is -2.34. The summed E-state index contributed by atoms with van der Waals surface area (Å²) in [6, 6.07) is 0.232. The molecular formula is C10H19N7O2. The van der Waals surface area contributed by atoms with Gasteiger partial charge in [0.25, 0.3) is 0 Å². The van der Waals surface area contributed by atoms with Gasteiger partial charge in [0.1, 0.15) is 0 Å². The zero-order chi connectivity index (χ0) is 13.7. The number of piperazine rings is 1. The van der Waals surface area contributed by atoms with Gasteiger partial charge in [-0.3, -0.25) is 10.3 Å². The third kappa shape index (κ3) is 3.40. The number of aromatic nitrogens is 3. The molecule has 0 bridgehead atoms. The van der Waals surface area contributed by atoms with Crippen LogP contribution in [0, 0.1) is 0 Å². The van der Waals surface area contributed by atoms with Gasteiger partial charge < -0.3 is 14.7 Å². The van der Waals surface area contributed by atoms with Gasteiger partial charge in [-0.1, -0.05) is 0 Å². The maximum absolute atomic E-state index is 8.91. The summed E-state index contributed by atoms with van der Waals surface area (Å²) in [7, 11) is 1.50. The summed E-state index contributed by atoms with van der Waals surface area (Å²) < 4.78 is 5.02. The molecule has 1 aliphatic rings. The molecule has 2 heterocycles. The summed E-state index contributed by atoms with van der Waals surface area (Å²) in [5.74, 6) is 6.14. The van der Waals surface area contributed by atoms with Crippen molar-refractivity contribution >= 4 is 11.9 Å². The van der Waals surface area contributed by atoms with Crippen molar-refractivity contribution in [2.24, 2.45) is 5.84 Å². The zero-order valence-corrected chi connectivity index (χ0v) is 10.9. The normalized spacial score (nSPS) is 16.5. The van der Waals surface area contributed by atoms with Crippen LogP contribution in [0.2, 0.25) is 0 Å². The molecule has 1 aromatic rings. The molecule has 9 nitrogen and oxygen atoms in total. The predicted molar refractivity (Wildman–Crippen MR) is 69.9 cm³/mol. The van der Waals surface area contributed by atoms with E-state index in [-0.39, 0.29) is 18.6 Å². The zero-order valence-electron chi connectivity index (χ0n) is 10.9. The van der Waals surface area contributed by atoms with Gasteiger partial charge in [-0.05, 0) is 0 Å². The standard InChI is InChI=1S/C10H19N7O2/c1-19-10-13-8(15-11)12-9(14-10)17-4-2-16(3-5-17)6-7-18/h18H,2-7,11H2,1H3,(H,12,13,14,15). The molecule has 0 unspecified atom stereocenters. The Kier molecular flexibility index (Phi) is 4.66. The molecule has 19 heavy (non-hydrogen) atoms. The summed E-state index contributed by atoms with van der Waals surface area (Å²) in [6.07, 6.45) is 0. The number of aliphatic hydroxyl groups excluding tert-OH is 1. The van der Waals surface area contributed by atoms with Crippen molar-refractivity contribution in [3.05, 3.63) is 0 Å². The van der Waals surface area contributed by atoms with E-state index in [1.54, 1.807) is 0 Å². The van der Waals surface area contributed by atoms with Crippen molar-refractivity contribution in [2.75, 3.05) is 56.8 Å². The molecule has 2 rings (SSSR count). The molecule has 0 atom stereocenters. The number of rotatable bonds is 5. The molecule has 9 heteroatoms. The third-order valence-corrected chi connectivity index (χ3v) is 2.99. The van der Waals surface area contributed by atoms with Crippen LogP contribution in [-0.4, -0.2) is 71.4 Å². The molecule has 1 saturated heterocycles. The van der Waals surface area contributed by atoms with E-state index in [1.165, 1.54) is 7.11 Å². The lowest BCUT2D eigenvalue weighted by atomic mass is 10.3. The molecular weight excluding hydrogens is 250 g/mol. The number of aliphatic hydroxyl groups is 1. The monoisotopic (exact) mass is 269 g/mol. The van der Waals surface area contributed by atoms with Crippen molar-refractivity contribution < 1.29 is 9.84 Å². The molecule has 0 radical (unpaired) electrons. The van der Waals surface area contributed by atoms with Gasteiger partial charge in [0.2, 0.25) is 11.9 Å². The smallest absolute Gasteiger partial charge is 0.322 e. The van der Waals surface area contributed by atoms with E-state index < -0.39 is 0 Å². The Balaban J connectivity index is 2.06. The molecule has 1 fully saturated rings. The molecule has 1 aliphatic heterocycles. The van der Waals surface area contributed by atoms with Crippen LogP contribution >= 0.6 is 0 Å². The lowest BCUT2D eigenvalue weighted by Crippen LogP contribution is -2.47. The average Bonchev–Trinajstić information content (AvgIpc) is 2.47. The summed E-state index contributed by atoms with van der Waals surface area (Å²) in [6.45, 7) is 4.18. The third-order valence-electron chi connectivity index (χ3n) is 2.99. The number of nitrogens with zero attached hydrogens (tertiary/aromatic N) is 5. The lowest BCUT2D eigenvalue weighted by molar-refractivity contribution is 0.188. The quantitative estimate of drug-likeness (QED) is 0.424. The Bertz CT molecular complexity index is 387. The molecule has 0 aliphatic carbocycles. The van der Waals surface area contributed by atoms with Gasteiger partial charge in [-0.2, -0.15) is 15.0 Å². The highest BCUT2D eigenvalue weighted by Crippen LogP contribution is 2.15. The summed E-state index contributed by atoms with van der Waals surface area (Å²) in [4.78, 5) is 16.6. The largest absolute Gasteiger partial charge is 0.467 e. The first-order valence-electron chi connectivity index (χ1n) is 6.11. The van der Waals surface area contributed by atoms with E-state index in [4.69, 9.17) is 15.7 Å². The number of hydrogen-bond acceptors (Lipinski definition) is 9. The summed E-state index contributed by atoms with van der Waals surface area (Å²) in [5.41, 5.74) is 2.40. The van der Waals surface area contributed by atoms with Crippen LogP contribution in [0.5, 0.6) is 6.01 Å². The molecule has 1 aromatic heterocycles. The maximum atomic E-state index is 8.91. The number of ether oxygens (including phenoxy) is 1. The Morgan fingerprint density at radius 2 is 2.00 bits per heavy atom. The van der Waals surface area contributed by atoms with Crippen LogP contribution in [0.25, 0.3) is 0 Å².